The minimum atomic E-state index is -0.249. The number of hydrogen-bond donors (Lipinski definition) is 0. The van der Waals surface area contributed by atoms with Crippen molar-refractivity contribution in [1.82, 2.24) is 0 Å². The Hall–Kier alpha value is -5.70. The van der Waals surface area contributed by atoms with Crippen molar-refractivity contribution >= 4 is 423 Å². The Bertz CT molecular complexity index is 7940. The fourth-order valence-corrected chi connectivity index (χ4v) is 35.9. The monoisotopic (exact) mass is 2860 g/mol. The Labute approximate surface area is 933 Å². The number of rotatable bonds is 7. The van der Waals surface area contributed by atoms with Gasteiger partial charge in [0, 0.05) is 230 Å². The maximum absolute atomic E-state index is 13.2. The minimum absolute atomic E-state index is 0.00118. The highest BCUT2D eigenvalue weighted by atomic mass is 127. The lowest BCUT2D eigenvalue weighted by molar-refractivity contribution is 0.415. The maximum Gasteiger partial charge on any atom is 0.187 e. The number of benzene rings is 18. The number of fused-ring (bicyclic) bond motifs is 18. The first-order valence-electron chi connectivity index (χ1n) is 42.6. The zero-order chi connectivity index (χ0) is 93.9. The lowest BCUT2D eigenvalue weighted by Gasteiger charge is -2.18. The summed E-state index contributed by atoms with van der Waals surface area (Å²) >= 11 is 50.0. The topological polar surface area (TPSA) is 9.23 Å². The van der Waals surface area contributed by atoms with Gasteiger partial charge in [0.1, 0.15) is 11.6 Å². The average molecular weight is 2870 g/mol. The lowest BCUT2D eigenvalue weighted by Crippen LogP contribution is -2.10. The zero-order valence-corrected chi connectivity index (χ0v) is 98.3. The molecule has 24 rings (SSSR count). The van der Waals surface area contributed by atoms with Crippen LogP contribution >= 0.6 is 302 Å². The molecule has 0 aliphatic rings. The van der Waals surface area contributed by atoms with E-state index in [4.69, 9.17) is 62.7 Å². The Morgan fingerprint density at radius 1 is 0.222 bits per heavy atom. The molecule has 6 heterocycles. The first kappa shape index (κ1) is 98.1. The molecule has 1 nitrogen and oxygen atoms in total. The van der Waals surface area contributed by atoms with Crippen LogP contribution in [0.2, 0.25) is 25.1 Å². The first-order chi connectivity index (χ1) is 65.1. The van der Waals surface area contributed by atoms with Crippen molar-refractivity contribution in [2.45, 2.75) is 33.1 Å². The SMILES string of the molecule is CC(C)(C)c1ccc(-[s+]2c3ccc(I)cc3c3cc(I)ccc32)cc1.COc1ccc(-[s+]2c3ccc(I)cc3c3cc(I)ccc32)cc1.Cc1ccc(-[s+]2c3ccc(I)cc3c3cc(I)ccc32)cc1.Clc1ccc(-[s+]2c3ccc(Cl)cc3c3cc(Cl)ccc32)cc1.Fc1ccc(-[s+]2c3ccc(Cl)cc3c3cc(Cl)ccc32)cc1.Ic1ccc2c(c1)c1cc(I)ccc1[s+]2-c1ccccc1. The van der Waals surface area contributed by atoms with Gasteiger partial charge in [0.2, 0.25) is 0 Å². The van der Waals surface area contributed by atoms with Gasteiger partial charge in [-0.15, -0.1) is 0 Å². The standard InChI is InChI=1S/C22H19I2S.C19H13I2OS.C19H13I2S.C18H10Cl3S.C18H10Cl2FS.C18H11I2S/c1-22(2,3)14-4-8-17(9-5-14)25-20-10-6-15(23)12-18(20)19-13-16(24)7-11-21(19)25;1-22-14-4-6-15(7-5-14)23-18-8-2-12(20)10-16(18)17-11-13(21)3-9-19(17)23;1-12-2-6-15(7-3-12)22-18-8-4-13(20)10-16(18)17-11-14(21)5-9-19(17)22;19-11-1-5-14(6-2-11)22-17-7-3-12(20)9-15(17)16-10-13(21)4-8-18(16)22;19-11-1-7-17-15(9-11)16-10-12(20)2-8-18(16)22(17)14-5-3-13(21)4-6-14;19-12-6-8-17-15(10-12)16-11-13(20)7-9-18(16)21(17)14-4-2-1-3-5-14/h4-13H,1-3H3;2-11H,1H3;2-11H,1H3;2*1-10H;1-11H/q6*+1. The van der Waals surface area contributed by atoms with Crippen molar-refractivity contribution < 1.29 is 9.13 Å². The van der Waals surface area contributed by atoms with Crippen molar-refractivity contribution in [2.75, 3.05) is 7.11 Å². The molecule has 135 heavy (non-hydrogen) atoms. The number of hydrogen-bond acceptors (Lipinski definition) is 1. The average Bonchev–Trinajstić information content (AvgIpc) is 1.68. The van der Waals surface area contributed by atoms with Crippen LogP contribution in [-0.2, 0) is 5.41 Å². The van der Waals surface area contributed by atoms with Crippen LogP contribution in [0.15, 0.2) is 370 Å². The number of halogens is 14. The highest BCUT2D eigenvalue weighted by Gasteiger charge is 2.32. The molecule has 0 unspecified atom stereocenters. The smallest absolute Gasteiger partial charge is 0.187 e. The molecule has 0 radical (unpaired) electrons. The van der Waals surface area contributed by atoms with Crippen LogP contribution in [0.25, 0.3) is 150 Å². The summed E-state index contributed by atoms with van der Waals surface area (Å²) in [5.41, 5.74) is 2.90. The van der Waals surface area contributed by atoms with Gasteiger partial charge in [0.15, 0.2) is 85.8 Å². The molecule has 0 amide bonds. The third-order valence-corrected chi connectivity index (χ3v) is 43.8. The summed E-state index contributed by atoms with van der Waals surface area (Å²) in [6.07, 6.45) is 0. The summed E-state index contributed by atoms with van der Waals surface area (Å²) in [6.45, 7) is 8.96. The molecule has 0 saturated heterocycles. The van der Waals surface area contributed by atoms with E-state index in [0.717, 1.165) is 36.5 Å². The van der Waals surface area contributed by atoms with Gasteiger partial charge in [-0.05, 0) is 478 Å². The molecule has 666 valence electrons. The summed E-state index contributed by atoms with van der Waals surface area (Å²) in [7, 11) is 1.35. The van der Waals surface area contributed by atoms with E-state index < -0.39 is 0 Å². The number of aryl methyl sites for hydroxylation is 1. The molecule has 0 bridgehead atoms. The van der Waals surface area contributed by atoms with Crippen LogP contribution in [0.3, 0.4) is 0 Å². The van der Waals surface area contributed by atoms with Gasteiger partial charge in [-0.1, -0.05) is 127 Å². The Morgan fingerprint density at radius 2 is 0.415 bits per heavy atom. The molecule has 0 atom stereocenters. The number of ether oxygens (including phenoxy) is 1. The zero-order valence-electron chi connectivity index (χ0n) is 72.4. The van der Waals surface area contributed by atoms with E-state index in [2.05, 4.69) is 494 Å². The van der Waals surface area contributed by atoms with Gasteiger partial charge in [-0.3, -0.25) is 0 Å². The molecule has 18 aromatic carbocycles. The highest BCUT2D eigenvalue weighted by molar-refractivity contribution is 14.1. The summed E-state index contributed by atoms with van der Waals surface area (Å²) in [6, 6.07) is 131. The molecule has 0 saturated carbocycles. The van der Waals surface area contributed by atoms with E-state index in [1.807, 2.05) is 72.8 Å². The first-order valence-corrected chi connectivity index (χ1v) is 60.4. The maximum atomic E-state index is 13.2. The predicted molar refractivity (Wildman–Crippen MR) is 668 cm³/mol. The molecule has 24 aromatic rings. The molecular formula is C114H76Cl5FI8OS6+6. The molecule has 21 heteroatoms. The van der Waals surface area contributed by atoms with Gasteiger partial charge >= 0.3 is 0 Å². The third kappa shape index (κ3) is 21.0. The minimum Gasteiger partial charge on any atom is -0.497 e. The largest absolute Gasteiger partial charge is 0.497 e. The summed E-state index contributed by atoms with van der Waals surface area (Å²) < 4.78 is 45.5. The highest BCUT2D eigenvalue weighted by Crippen LogP contribution is 2.57. The summed E-state index contributed by atoms with van der Waals surface area (Å²) in [5.74, 6) is 0.682. The second-order valence-electron chi connectivity index (χ2n) is 33.0. The van der Waals surface area contributed by atoms with Gasteiger partial charge in [0.25, 0.3) is 0 Å². The molecule has 0 aliphatic heterocycles. The van der Waals surface area contributed by atoms with E-state index >= 15 is 0 Å². The quantitative estimate of drug-likeness (QED) is 0.114. The van der Waals surface area contributed by atoms with Crippen LogP contribution in [-0.4, -0.2) is 7.11 Å². The van der Waals surface area contributed by atoms with E-state index in [1.165, 1.54) is 187 Å². The van der Waals surface area contributed by atoms with Crippen molar-refractivity contribution in [1.29, 1.82) is 0 Å². The molecule has 0 spiro atoms. The van der Waals surface area contributed by atoms with Crippen LogP contribution < -0.4 is 4.74 Å². The van der Waals surface area contributed by atoms with E-state index in [-0.39, 0.29) is 74.1 Å². The number of thiophene rings is 6. The molecular weight excluding hydrogens is 2790 g/mol. The molecule has 0 N–H and O–H groups in total. The number of methoxy groups -OCH3 is 1. The third-order valence-electron chi connectivity index (χ3n) is 23.3. The van der Waals surface area contributed by atoms with Crippen molar-refractivity contribution in [3.8, 4) is 35.1 Å². The van der Waals surface area contributed by atoms with Gasteiger partial charge < -0.3 is 4.74 Å². The predicted octanol–water partition coefficient (Wildman–Crippen LogP) is 44.2. The van der Waals surface area contributed by atoms with Crippen LogP contribution in [0, 0.1) is 41.3 Å². The Morgan fingerprint density at radius 3 is 0.652 bits per heavy atom. The Kier molecular flexibility index (Phi) is 30.8. The van der Waals surface area contributed by atoms with E-state index in [1.54, 1.807) is 7.11 Å². The van der Waals surface area contributed by atoms with Crippen LogP contribution in [0.4, 0.5) is 4.39 Å². The second kappa shape index (κ2) is 42.5. The lowest BCUT2D eigenvalue weighted by atomic mass is 9.87. The fourth-order valence-electron chi connectivity index (χ4n) is 17.1. The van der Waals surface area contributed by atoms with Gasteiger partial charge in [-0.25, -0.2) is 4.39 Å². The summed E-state index contributed by atoms with van der Waals surface area (Å²) in [4.78, 5) is 7.90. The van der Waals surface area contributed by atoms with E-state index in [0.29, 0.717) is 10.0 Å². The second-order valence-corrected chi connectivity index (χ2v) is 56.9. The van der Waals surface area contributed by atoms with Crippen molar-refractivity contribution in [3.63, 3.8) is 0 Å². The van der Waals surface area contributed by atoms with Crippen LogP contribution in [0.1, 0.15) is 31.9 Å². The van der Waals surface area contributed by atoms with Crippen LogP contribution in [0.5, 0.6) is 5.75 Å². The Balaban J connectivity index is 0.000000104. The van der Waals surface area contributed by atoms with Gasteiger partial charge in [0.05, 0.1) is 7.11 Å². The summed E-state index contributed by atoms with van der Waals surface area (Å²) in [5, 5.41) is 19.4. The molecule has 0 aliphatic carbocycles. The molecule has 6 aromatic heterocycles. The molecule has 0 fully saturated rings. The van der Waals surface area contributed by atoms with Crippen molar-refractivity contribution in [3.05, 3.63) is 441 Å². The van der Waals surface area contributed by atoms with Crippen molar-refractivity contribution in [2.24, 2.45) is 0 Å². The van der Waals surface area contributed by atoms with E-state index in [9.17, 15) is 4.39 Å². The normalized spacial score (nSPS) is 11.5. The fraction of sp³-hybridized carbons (Fsp3) is 0.0526. The van der Waals surface area contributed by atoms with Gasteiger partial charge in [-0.2, -0.15) is 0 Å².